The van der Waals surface area contributed by atoms with Crippen LogP contribution in [0.2, 0.25) is 0 Å². The quantitative estimate of drug-likeness (QED) is 0.454. The molecule has 0 atom stereocenters. The fourth-order valence-electron chi connectivity index (χ4n) is 0.807. The molecule has 0 aliphatic heterocycles. The monoisotopic (exact) mass is 168 g/mol. The first-order valence-electron chi connectivity index (χ1n) is 3.42. The van der Waals surface area contributed by atoms with Gasteiger partial charge >= 0.3 is 5.97 Å². The smallest absolute Gasteiger partial charge is 0.344 e. The van der Waals surface area contributed by atoms with E-state index in [0.717, 1.165) is 0 Å². The number of methoxy groups -OCH3 is 1. The van der Waals surface area contributed by atoms with Crippen LogP contribution in [0.4, 0.5) is 0 Å². The van der Waals surface area contributed by atoms with E-state index in [-0.39, 0.29) is 5.97 Å². The first-order chi connectivity index (χ1) is 5.77. The van der Waals surface area contributed by atoms with Gasteiger partial charge in [-0.2, -0.15) is 0 Å². The fraction of sp³-hybridized carbons (Fsp3) is 0.250. The summed E-state index contributed by atoms with van der Waals surface area (Å²) in [6.45, 7) is 0. The average Bonchev–Trinajstić information content (AvgIpc) is 2.17. The van der Waals surface area contributed by atoms with Crippen LogP contribution in [-0.4, -0.2) is 20.2 Å². The summed E-state index contributed by atoms with van der Waals surface area (Å²) in [6, 6.07) is 3.36. The second-order valence-corrected chi connectivity index (χ2v) is 2.13. The number of hydrogen-bond acceptors (Lipinski definition) is 3. The Morgan fingerprint density at radius 2 is 2.25 bits per heavy atom. The predicted octanol–water partition coefficient (Wildman–Crippen LogP) is -0.181. The topological polar surface area (TPSA) is 39.4 Å². The lowest BCUT2D eigenvalue weighted by Gasteiger charge is -1.95. The standard InChI is InChI=1S/C8H10NO3/c1-11-8(10)7-4-3-5-9(6-7)12-2/h3-6H,1-2H3/q+1. The molecule has 64 valence electrons. The molecule has 4 heteroatoms. The third-order valence-electron chi connectivity index (χ3n) is 1.41. The maximum atomic E-state index is 11.0. The molecule has 0 aromatic carbocycles. The van der Waals surface area contributed by atoms with Crippen LogP contribution in [0.3, 0.4) is 0 Å². The van der Waals surface area contributed by atoms with Crippen molar-refractivity contribution < 1.29 is 19.1 Å². The zero-order chi connectivity index (χ0) is 8.97. The van der Waals surface area contributed by atoms with E-state index >= 15 is 0 Å². The van der Waals surface area contributed by atoms with E-state index in [1.54, 1.807) is 24.5 Å². The summed E-state index contributed by atoms with van der Waals surface area (Å²) in [4.78, 5) is 15.8. The number of aromatic nitrogens is 1. The van der Waals surface area contributed by atoms with Gasteiger partial charge in [0.25, 0.3) is 0 Å². The minimum absolute atomic E-state index is 0.374. The number of nitrogens with zero attached hydrogens (tertiary/aromatic N) is 1. The molecule has 0 unspecified atom stereocenters. The zero-order valence-electron chi connectivity index (χ0n) is 6.98. The van der Waals surface area contributed by atoms with Crippen molar-refractivity contribution in [3.05, 3.63) is 30.1 Å². The van der Waals surface area contributed by atoms with Gasteiger partial charge in [0.05, 0.1) is 7.11 Å². The summed E-state index contributed by atoms with van der Waals surface area (Å²) in [5, 5.41) is 0. The van der Waals surface area contributed by atoms with Crippen LogP contribution in [0.1, 0.15) is 10.4 Å². The van der Waals surface area contributed by atoms with Crippen molar-refractivity contribution in [2.45, 2.75) is 0 Å². The molecule has 0 spiro atoms. The third kappa shape index (κ3) is 1.72. The molecule has 1 aromatic heterocycles. The number of ether oxygens (including phenoxy) is 1. The molecule has 1 rings (SSSR count). The normalized spacial score (nSPS) is 9.17. The van der Waals surface area contributed by atoms with E-state index in [2.05, 4.69) is 4.74 Å². The van der Waals surface area contributed by atoms with Gasteiger partial charge in [-0.05, 0) is 6.07 Å². The molecule has 0 aliphatic carbocycles. The van der Waals surface area contributed by atoms with Crippen molar-refractivity contribution in [1.82, 2.24) is 0 Å². The summed E-state index contributed by atoms with van der Waals surface area (Å²) < 4.78 is 5.95. The molecule has 1 heterocycles. The van der Waals surface area contributed by atoms with E-state index in [9.17, 15) is 4.79 Å². The van der Waals surface area contributed by atoms with Gasteiger partial charge in [-0.1, -0.05) is 0 Å². The van der Waals surface area contributed by atoms with E-state index in [1.165, 1.54) is 19.0 Å². The molecule has 4 nitrogen and oxygen atoms in total. The highest BCUT2D eigenvalue weighted by molar-refractivity contribution is 5.88. The van der Waals surface area contributed by atoms with Crippen molar-refractivity contribution in [2.75, 3.05) is 14.2 Å². The van der Waals surface area contributed by atoms with E-state index in [1.807, 2.05) is 0 Å². The second kappa shape index (κ2) is 3.71. The molecule has 0 radical (unpaired) electrons. The number of pyridine rings is 1. The van der Waals surface area contributed by atoms with Crippen LogP contribution in [-0.2, 0) is 4.74 Å². The van der Waals surface area contributed by atoms with Crippen molar-refractivity contribution in [2.24, 2.45) is 0 Å². The molecule has 0 saturated heterocycles. The van der Waals surface area contributed by atoms with Gasteiger partial charge in [-0.3, -0.25) is 4.84 Å². The van der Waals surface area contributed by atoms with E-state index in [4.69, 9.17) is 4.84 Å². The summed E-state index contributed by atoms with van der Waals surface area (Å²) >= 11 is 0. The Morgan fingerprint density at radius 1 is 1.50 bits per heavy atom. The first kappa shape index (κ1) is 8.52. The minimum atomic E-state index is -0.374. The van der Waals surface area contributed by atoms with Gasteiger partial charge in [0.2, 0.25) is 12.4 Å². The van der Waals surface area contributed by atoms with Gasteiger partial charge in [0.1, 0.15) is 12.7 Å². The molecule has 0 amide bonds. The van der Waals surface area contributed by atoms with Crippen molar-refractivity contribution in [3.8, 4) is 0 Å². The van der Waals surface area contributed by atoms with Crippen molar-refractivity contribution >= 4 is 5.97 Å². The SMILES string of the molecule is COC(=O)c1ccc[n+](OC)c1. The van der Waals surface area contributed by atoms with Gasteiger partial charge in [0.15, 0.2) is 0 Å². The minimum Gasteiger partial charge on any atom is -0.465 e. The molecular formula is C8H10NO3+. The lowest BCUT2D eigenvalue weighted by molar-refractivity contribution is -0.885. The molecule has 1 aromatic rings. The highest BCUT2D eigenvalue weighted by Crippen LogP contribution is 1.95. The number of esters is 1. The van der Waals surface area contributed by atoms with Gasteiger partial charge in [-0.25, -0.2) is 4.79 Å². The fourth-order valence-corrected chi connectivity index (χ4v) is 0.807. The average molecular weight is 168 g/mol. The molecule has 0 aliphatic rings. The maximum Gasteiger partial charge on any atom is 0.344 e. The Morgan fingerprint density at radius 3 is 2.83 bits per heavy atom. The van der Waals surface area contributed by atoms with Crippen LogP contribution >= 0.6 is 0 Å². The highest BCUT2D eigenvalue weighted by atomic mass is 16.6. The van der Waals surface area contributed by atoms with E-state index in [0.29, 0.717) is 5.56 Å². The number of carbonyl (C=O) groups is 1. The molecular weight excluding hydrogens is 158 g/mol. The maximum absolute atomic E-state index is 11.0. The second-order valence-electron chi connectivity index (χ2n) is 2.13. The van der Waals surface area contributed by atoms with Crippen LogP contribution in [0, 0.1) is 0 Å². The van der Waals surface area contributed by atoms with Crippen LogP contribution in [0.15, 0.2) is 24.5 Å². The summed E-state index contributed by atoms with van der Waals surface area (Å²) in [5.41, 5.74) is 0.460. The highest BCUT2D eigenvalue weighted by Gasteiger charge is 2.10. The number of hydrogen-bond donors (Lipinski definition) is 0. The Kier molecular flexibility index (Phi) is 2.63. The van der Waals surface area contributed by atoms with Crippen molar-refractivity contribution in [3.63, 3.8) is 0 Å². The largest absolute Gasteiger partial charge is 0.465 e. The summed E-state index contributed by atoms with van der Waals surface area (Å²) in [7, 11) is 2.85. The molecule has 0 saturated carbocycles. The molecule has 0 fully saturated rings. The molecule has 12 heavy (non-hydrogen) atoms. The predicted molar refractivity (Wildman–Crippen MR) is 40.5 cm³/mol. The number of carbonyl (C=O) groups excluding carboxylic acids is 1. The Labute approximate surface area is 70.3 Å². The Balaban J connectivity index is 2.93. The Hall–Kier alpha value is -1.58. The van der Waals surface area contributed by atoms with Crippen LogP contribution < -0.4 is 9.57 Å². The Bertz CT molecular complexity index is 285. The summed E-state index contributed by atoms with van der Waals surface area (Å²) in [5.74, 6) is -0.374. The lowest BCUT2D eigenvalue weighted by Crippen LogP contribution is -2.40. The first-order valence-corrected chi connectivity index (χ1v) is 3.42. The molecule has 0 N–H and O–H groups in total. The van der Waals surface area contributed by atoms with Crippen LogP contribution in [0.25, 0.3) is 0 Å². The lowest BCUT2D eigenvalue weighted by atomic mass is 10.3. The number of rotatable bonds is 2. The molecule has 0 bridgehead atoms. The van der Waals surface area contributed by atoms with Gasteiger partial charge in [0, 0.05) is 10.8 Å². The van der Waals surface area contributed by atoms with Crippen LogP contribution in [0.5, 0.6) is 0 Å². The van der Waals surface area contributed by atoms with Gasteiger partial charge < -0.3 is 4.74 Å². The zero-order valence-corrected chi connectivity index (χ0v) is 6.98. The summed E-state index contributed by atoms with van der Waals surface area (Å²) in [6.07, 6.45) is 3.23. The van der Waals surface area contributed by atoms with Gasteiger partial charge in [-0.15, -0.1) is 0 Å². The van der Waals surface area contributed by atoms with Crippen molar-refractivity contribution in [1.29, 1.82) is 0 Å². The van der Waals surface area contributed by atoms with E-state index < -0.39 is 0 Å². The third-order valence-corrected chi connectivity index (χ3v) is 1.41.